The maximum absolute atomic E-state index is 5.08. The summed E-state index contributed by atoms with van der Waals surface area (Å²) in [5.41, 5.74) is 3.82. The zero-order valence-corrected chi connectivity index (χ0v) is 15.2. The monoisotopic (exact) mass is 381 g/mol. The van der Waals surface area contributed by atoms with Gasteiger partial charge in [-0.15, -0.1) is 16.4 Å². The van der Waals surface area contributed by atoms with E-state index in [0.29, 0.717) is 31.0 Å². The third kappa shape index (κ3) is 2.96. The van der Waals surface area contributed by atoms with Crippen molar-refractivity contribution in [3.05, 3.63) is 35.7 Å². The molecule has 5 rings (SSSR count). The van der Waals surface area contributed by atoms with Crippen molar-refractivity contribution >= 4 is 32.8 Å². The van der Waals surface area contributed by atoms with E-state index in [1.807, 2.05) is 17.1 Å². The van der Waals surface area contributed by atoms with Gasteiger partial charge in [-0.25, -0.2) is 14.6 Å². The number of rotatable bonds is 6. The molecule has 0 atom stereocenters. The standard InChI is InChI=1S/C16H15N9OS/c1-26-3-2-24-8-10(5-19-24)13-6-17-15-16(20-13)25(23-22-15)9-11-4-12-14(27-11)7-18-21-12/h4-8H,2-3,9H2,1H3,(H,18,21). The van der Waals surface area contributed by atoms with Gasteiger partial charge in [0, 0.05) is 23.7 Å². The molecule has 5 aromatic rings. The first-order chi connectivity index (χ1) is 13.3. The predicted molar refractivity (Wildman–Crippen MR) is 99.3 cm³/mol. The van der Waals surface area contributed by atoms with E-state index < -0.39 is 0 Å². The molecule has 0 fully saturated rings. The summed E-state index contributed by atoms with van der Waals surface area (Å²) in [6.45, 7) is 1.87. The quantitative estimate of drug-likeness (QED) is 0.476. The van der Waals surface area contributed by atoms with Gasteiger partial charge in [-0.05, 0) is 6.07 Å². The Morgan fingerprint density at radius 3 is 3.11 bits per heavy atom. The molecule has 27 heavy (non-hydrogen) atoms. The summed E-state index contributed by atoms with van der Waals surface area (Å²) >= 11 is 1.67. The van der Waals surface area contributed by atoms with Crippen molar-refractivity contribution in [3.63, 3.8) is 0 Å². The zero-order valence-electron chi connectivity index (χ0n) is 14.4. The zero-order chi connectivity index (χ0) is 18.2. The van der Waals surface area contributed by atoms with E-state index in [2.05, 4.69) is 36.7 Å². The molecule has 0 radical (unpaired) electrons. The molecule has 0 aliphatic carbocycles. The number of H-pyrrole nitrogens is 1. The Balaban J connectivity index is 1.46. The van der Waals surface area contributed by atoms with Crippen LogP contribution in [0.4, 0.5) is 0 Å². The molecule has 5 heterocycles. The fraction of sp³-hybridized carbons (Fsp3) is 0.250. The highest BCUT2D eigenvalue weighted by Gasteiger charge is 2.13. The number of aromatic amines is 1. The van der Waals surface area contributed by atoms with E-state index in [1.54, 1.807) is 35.5 Å². The maximum atomic E-state index is 5.08. The van der Waals surface area contributed by atoms with Crippen LogP contribution in [0.15, 0.2) is 30.9 Å². The third-order valence-electron chi connectivity index (χ3n) is 4.17. The lowest BCUT2D eigenvalue weighted by Crippen LogP contribution is -2.04. The van der Waals surface area contributed by atoms with Gasteiger partial charge >= 0.3 is 0 Å². The third-order valence-corrected chi connectivity index (χ3v) is 5.22. The van der Waals surface area contributed by atoms with E-state index >= 15 is 0 Å². The van der Waals surface area contributed by atoms with Gasteiger partial charge in [0.25, 0.3) is 0 Å². The van der Waals surface area contributed by atoms with Crippen LogP contribution in [0, 0.1) is 0 Å². The van der Waals surface area contributed by atoms with Crippen molar-refractivity contribution < 1.29 is 4.74 Å². The number of hydrogen-bond acceptors (Lipinski definition) is 8. The number of nitrogens with zero attached hydrogens (tertiary/aromatic N) is 8. The van der Waals surface area contributed by atoms with Crippen LogP contribution in [0.5, 0.6) is 0 Å². The second-order valence-corrected chi connectivity index (χ2v) is 7.16. The molecule has 0 aliphatic heterocycles. The summed E-state index contributed by atoms with van der Waals surface area (Å²) < 4.78 is 9.78. The summed E-state index contributed by atoms with van der Waals surface area (Å²) in [4.78, 5) is 10.2. The van der Waals surface area contributed by atoms with Crippen molar-refractivity contribution in [3.8, 4) is 11.3 Å². The number of ether oxygens (including phenoxy) is 1. The average molecular weight is 381 g/mol. The number of nitrogens with one attached hydrogen (secondary N) is 1. The van der Waals surface area contributed by atoms with Gasteiger partial charge in [-0.2, -0.15) is 10.2 Å². The van der Waals surface area contributed by atoms with Gasteiger partial charge in [0.05, 0.1) is 54.2 Å². The molecular weight excluding hydrogens is 366 g/mol. The lowest BCUT2D eigenvalue weighted by Gasteiger charge is -2.01. The molecule has 11 heteroatoms. The van der Waals surface area contributed by atoms with Crippen LogP contribution < -0.4 is 0 Å². The SMILES string of the molecule is COCCn1cc(-c2cnc3nnn(Cc4cc5[nH]ncc5s4)c3n2)cn1. The fourth-order valence-corrected chi connectivity index (χ4v) is 3.80. The summed E-state index contributed by atoms with van der Waals surface area (Å²) in [5.74, 6) is 0. The summed E-state index contributed by atoms with van der Waals surface area (Å²) in [6, 6.07) is 2.07. The number of methoxy groups -OCH3 is 1. The summed E-state index contributed by atoms with van der Waals surface area (Å²) in [6.07, 6.45) is 7.22. The summed E-state index contributed by atoms with van der Waals surface area (Å²) in [5, 5.41) is 19.7. The Bertz CT molecular complexity index is 1190. The van der Waals surface area contributed by atoms with Gasteiger partial charge in [-0.3, -0.25) is 9.78 Å². The number of fused-ring (bicyclic) bond motifs is 2. The molecule has 0 saturated carbocycles. The van der Waals surface area contributed by atoms with Crippen LogP contribution in [-0.2, 0) is 17.8 Å². The lowest BCUT2D eigenvalue weighted by atomic mass is 10.3. The van der Waals surface area contributed by atoms with Crippen LogP contribution in [0.2, 0.25) is 0 Å². The maximum Gasteiger partial charge on any atom is 0.221 e. The first kappa shape index (κ1) is 16.0. The van der Waals surface area contributed by atoms with Crippen LogP contribution >= 0.6 is 11.3 Å². The Labute approximate surface area is 156 Å². The highest BCUT2D eigenvalue weighted by molar-refractivity contribution is 7.19. The van der Waals surface area contributed by atoms with Gasteiger partial charge < -0.3 is 4.74 Å². The normalized spacial score (nSPS) is 11.7. The van der Waals surface area contributed by atoms with Gasteiger partial charge in [0.2, 0.25) is 5.65 Å². The van der Waals surface area contributed by atoms with Crippen molar-refractivity contribution in [2.75, 3.05) is 13.7 Å². The first-order valence-electron chi connectivity index (χ1n) is 8.30. The summed E-state index contributed by atoms with van der Waals surface area (Å²) in [7, 11) is 1.67. The topological polar surface area (TPSA) is 112 Å². The molecule has 0 bridgehead atoms. The minimum Gasteiger partial charge on any atom is -0.383 e. The minimum absolute atomic E-state index is 0.523. The number of aromatic nitrogens is 9. The van der Waals surface area contributed by atoms with E-state index in [9.17, 15) is 0 Å². The lowest BCUT2D eigenvalue weighted by molar-refractivity contribution is 0.183. The fourth-order valence-electron chi connectivity index (χ4n) is 2.83. The second kappa shape index (κ2) is 6.52. The molecule has 0 amide bonds. The molecule has 0 unspecified atom stereocenters. The molecular formula is C16H15N9OS. The molecule has 0 aromatic carbocycles. The highest BCUT2D eigenvalue weighted by atomic mass is 32.1. The molecule has 136 valence electrons. The smallest absolute Gasteiger partial charge is 0.221 e. The Kier molecular flexibility index (Phi) is 3.87. The van der Waals surface area contributed by atoms with Gasteiger partial charge in [-0.1, -0.05) is 5.21 Å². The van der Waals surface area contributed by atoms with Gasteiger partial charge in [0.15, 0.2) is 5.65 Å². The van der Waals surface area contributed by atoms with E-state index in [1.165, 1.54) is 0 Å². The number of hydrogen-bond donors (Lipinski definition) is 1. The second-order valence-electron chi connectivity index (χ2n) is 6.00. The predicted octanol–water partition coefficient (Wildman–Crippen LogP) is 1.72. The van der Waals surface area contributed by atoms with E-state index in [-0.39, 0.29) is 0 Å². The van der Waals surface area contributed by atoms with Gasteiger partial charge in [0.1, 0.15) is 0 Å². The first-order valence-corrected chi connectivity index (χ1v) is 9.11. The van der Waals surface area contributed by atoms with E-state index in [0.717, 1.165) is 26.4 Å². The molecule has 10 nitrogen and oxygen atoms in total. The van der Waals surface area contributed by atoms with Crippen molar-refractivity contribution in [1.29, 1.82) is 0 Å². The molecule has 0 saturated heterocycles. The number of thiophene rings is 1. The Morgan fingerprint density at radius 2 is 2.22 bits per heavy atom. The molecule has 5 aromatic heterocycles. The van der Waals surface area contributed by atoms with Crippen LogP contribution in [-0.4, -0.2) is 58.7 Å². The van der Waals surface area contributed by atoms with Crippen LogP contribution in [0.25, 0.3) is 32.8 Å². The van der Waals surface area contributed by atoms with Crippen LogP contribution in [0.3, 0.4) is 0 Å². The molecule has 0 spiro atoms. The average Bonchev–Trinajstić information content (AvgIpc) is 3.44. The molecule has 0 aliphatic rings. The van der Waals surface area contributed by atoms with E-state index in [4.69, 9.17) is 9.72 Å². The minimum atomic E-state index is 0.523. The van der Waals surface area contributed by atoms with Crippen molar-refractivity contribution in [1.82, 2.24) is 44.9 Å². The van der Waals surface area contributed by atoms with Crippen molar-refractivity contribution in [2.24, 2.45) is 0 Å². The largest absolute Gasteiger partial charge is 0.383 e. The Hall–Kier alpha value is -3.18. The Morgan fingerprint density at radius 1 is 1.26 bits per heavy atom. The highest BCUT2D eigenvalue weighted by Crippen LogP contribution is 2.25. The van der Waals surface area contributed by atoms with Crippen LogP contribution in [0.1, 0.15) is 4.88 Å². The molecule has 1 N–H and O–H groups in total. The van der Waals surface area contributed by atoms with Crippen molar-refractivity contribution in [2.45, 2.75) is 13.1 Å².